The molecule has 0 bridgehead atoms. The number of hydrogen-bond acceptors (Lipinski definition) is 5. The minimum Gasteiger partial charge on any atom is -0.369 e. The number of hydrogen-bond donors (Lipinski definition) is 1. The van der Waals surface area contributed by atoms with E-state index in [0.29, 0.717) is 11.7 Å². The van der Waals surface area contributed by atoms with Gasteiger partial charge in [0.2, 0.25) is 0 Å². The van der Waals surface area contributed by atoms with Crippen LogP contribution < -0.4 is 5.32 Å². The van der Waals surface area contributed by atoms with Crippen LogP contribution in [0.4, 0.5) is 5.82 Å². The zero-order valence-corrected chi connectivity index (χ0v) is 13.7. The Morgan fingerprint density at radius 2 is 2.16 bits per heavy atom. The highest BCUT2D eigenvalue weighted by Crippen LogP contribution is 2.31. The lowest BCUT2D eigenvalue weighted by atomic mass is 10.1. The predicted molar refractivity (Wildman–Crippen MR) is 83.7 cm³/mol. The Labute approximate surface area is 125 Å². The van der Waals surface area contributed by atoms with Crippen molar-refractivity contribution in [1.29, 1.82) is 0 Å². The van der Waals surface area contributed by atoms with Crippen LogP contribution in [0.1, 0.15) is 38.8 Å². The Balaban J connectivity index is 2.47. The van der Waals surface area contributed by atoms with Crippen molar-refractivity contribution in [2.45, 2.75) is 33.1 Å². The maximum Gasteiger partial charge on any atom is 0.191 e. The summed E-state index contributed by atoms with van der Waals surface area (Å²) >= 11 is 5.16. The van der Waals surface area contributed by atoms with E-state index in [1.807, 2.05) is 5.38 Å². The molecule has 0 saturated carbocycles. The monoisotopic (exact) mass is 340 g/mol. The van der Waals surface area contributed by atoms with Crippen LogP contribution in [0.3, 0.4) is 0 Å². The van der Waals surface area contributed by atoms with Crippen LogP contribution in [0.25, 0.3) is 10.8 Å². The summed E-state index contributed by atoms with van der Waals surface area (Å²) in [5.41, 5.74) is 1.01. The van der Waals surface area contributed by atoms with Gasteiger partial charge in [-0.2, -0.15) is 0 Å². The quantitative estimate of drug-likeness (QED) is 0.881. The molecule has 0 aliphatic carbocycles. The maximum absolute atomic E-state index is 4.63. The summed E-state index contributed by atoms with van der Waals surface area (Å²) in [7, 11) is 0. The molecule has 4 nitrogen and oxygen atoms in total. The molecule has 0 amide bonds. The summed E-state index contributed by atoms with van der Waals surface area (Å²) in [5, 5.41) is 6.13. The van der Waals surface area contributed by atoms with Gasteiger partial charge in [0.15, 0.2) is 10.8 Å². The van der Waals surface area contributed by atoms with Gasteiger partial charge in [-0.25, -0.2) is 15.0 Å². The molecule has 102 valence electrons. The van der Waals surface area contributed by atoms with Crippen molar-refractivity contribution in [2.75, 3.05) is 11.9 Å². The number of anilines is 1. The lowest BCUT2D eigenvalue weighted by Crippen LogP contribution is -2.08. The van der Waals surface area contributed by atoms with Crippen molar-refractivity contribution >= 4 is 33.1 Å². The van der Waals surface area contributed by atoms with Crippen LogP contribution >= 0.6 is 27.3 Å². The molecule has 0 aromatic carbocycles. The Kier molecular flexibility index (Phi) is 4.87. The van der Waals surface area contributed by atoms with Gasteiger partial charge in [0.05, 0.1) is 10.2 Å². The van der Waals surface area contributed by atoms with E-state index in [1.165, 1.54) is 0 Å². The second kappa shape index (κ2) is 6.43. The molecule has 0 radical (unpaired) electrons. The normalized spacial score (nSPS) is 11.0. The smallest absolute Gasteiger partial charge is 0.191 e. The van der Waals surface area contributed by atoms with Gasteiger partial charge in [0.25, 0.3) is 0 Å². The van der Waals surface area contributed by atoms with E-state index in [2.05, 4.69) is 57.0 Å². The first-order chi connectivity index (χ1) is 9.13. The van der Waals surface area contributed by atoms with Crippen molar-refractivity contribution in [3.05, 3.63) is 21.7 Å². The molecule has 6 heteroatoms. The summed E-state index contributed by atoms with van der Waals surface area (Å²) in [6.07, 6.45) is 2.83. The van der Waals surface area contributed by atoms with Gasteiger partial charge < -0.3 is 5.32 Å². The standard InChI is InChI=1S/C13H17BrN4S/c1-4-5-15-11-9(14)10(8(2)3)17-12(18-11)13-16-6-7-19-13/h6-8H,4-5H2,1-3H3,(H,15,17,18). The third-order valence-corrected chi connectivity index (χ3v) is 4.14. The third kappa shape index (κ3) is 3.30. The Morgan fingerprint density at radius 1 is 1.37 bits per heavy atom. The zero-order valence-electron chi connectivity index (χ0n) is 11.3. The summed E-state index contributed by atoms with van der Waals surface area (Å²) in [5.74, 6) is 1.88. The number of nitrogens with one attached hydrogen (secondary N) is 1. The Morgan fingerprint density at radius 3 is 2.74 bits per heavy atom. The fourth-order valence-electron chi connectivity index (χ4n) is 1.64. The average molecular weight is 341 g/mol. The van der Waals surface area contributed by atoms with E-state index < -0.39 is 0 Å². The van der Waals surface area contributed by atoms with Gasteiger partial charge in [-0.1, -0.05) is 20.8 Å². The van der Waals surface area contributed by atoms with Crippen LogP contribution in [0.15, 0.2) is 16.0 Å². The van der Waals surface area contributed by atoms with Crippen LogP contribution in [0, 0.1) is 0 Å². The SMILES string of the molecule is CCCNc1nc(-c2nccs2)nc(C(C)C)c1Br. The number of halogens is 1. The van der Waals surface area contributed by atoms with Crippen molar-refractivity contribution in [3.63, 3.8) is 0 Å². The molecule has 19 heavy (non-hydrogen) atoms. The summed E-state index contributed by atoms with van der Waals surface area (Å²) in [4.78, 5) is 13.5. The predicted octanol–water partition coefficient (Wildman–Crippen LogP) is 4.31. The highest BCUT2D eigenvalue weighted by Gasteiger charge is 2.16. The fraction of sp³-hybridized carbons (Fsp3) is 0.462. The Bertz CT molecular complexity index is 540. The van der Waals surface area contributed by atoms with Gasteiger partial charge in [0.1, 0.15) is 5.82 Å². The highest BCUT2D eigenvalue weighted by molar-refractivity contribution is 9.10. The van der Waals surface area contributed by atoms with Gasteiger partial charge in [0, 0.05) is 18.1 Å². The van der Waals surface area contributed by atoms with Crippen molar-refractivity contribution in [1.82, 2.24) is 15.0 Å². The van der Waals surface area contributed by atoms with Gasteiger partial charge in [-0.05, 0) is 28.3 Å². The second-order valence-electron chi connectivity index (χ2n) is 4.51. The Hall–Kier alpha value is -1.01. The first-order valence-corrected chi connectivity index (χ1v) is 8.02. The summed E-state index contributed by atoms with van der Waals surface area (Å²) in [6, 6.07) is 0. The van der Waals surface area contributed by atoms with Gasteiger partial charge in [-0.15, -0.1) is 11.3 Å². The van der Waals surface area contributed by atoms with Gasteiger partial charge in [-0.3, -0.25) is 0 Å². The third-order valence-electron chi connectivity index (χ3n) is 2.59. The van der Waals surface area contributed by atoms with Crippen molar-refractivity contribution < 1.29 is 0 Å². The summed E-state index contributed by atoms with van der Waals surface area (Å²) in [6.45, 7) is 7.28. The van der Waals surface area contributed by atoms with E-state index in [0.717, 1.165) is 34.0 Å². The van der Waals surface area contributed by atoms with E-state index in [1.54, 1.807) is 17.5 Å². The minimum atomic E-state index is 0.332. The summed E-state index contributed by atoms with van der Waals surface area (Å²) < 4.78 is 0.955. The van der Waals surface area contributed by atoms with Crippen LogP contribution in [-0.4, -0.2) is 21.5 Å². The van der Waals surface area contributed by atoms with E-state index in [9.17, 15) is 0 Å². The van der Waals surface area contributed by atoms with Gasteiger partial charge >= 0.3 is 0 Å². The van der Waals surface area contributed by atoms with Crippen molar-refractivity contribution in [2.24, 2.45) is 0 Å². The first kappa shape index (κ1) is 14.4. The number of thiazole rings is 1. The topological polar surface area (TPSA) is 50.7 Å². The molecular weight excluding hydrogens is 324 g/mol. The molecule has 0 fully saturated rings. The molecule has 2 heterocycles. The molecule has 0 saturated heterocycles. The largest absolute Gasteiger partial charge is 0.369 e. The molecule has 2 aromatic rings. The molecule has 2 rings (SSSR count). The highest BCUT2D eigenvalue weighted by atomic mass is 79.9. The molecular formula is C13H17BrN4S. The van der Waals surface area contributed by atoms with E-state index in [4.69, 9.17) is 0 Å². The molecule has 0 aliphatic heterocycles. The molecule has 2 aromatic heterocycles. The van der Waals surface area contributed by atoms with Crippen LogP contribution in [0.2, 0.25) is 0 Å². The minimum absolute atomic E-state index is 0.332. The van der Waals surface area contributed by atoms with Crippen molar-refractivity contribution in [3.8, 4) is 10.8 Å². The first-order valence-electron chi connectivity index (χ1n) is 6.34. The number of aromatic nitrogens is 3. The molecule has 0 aliphatic rings. The fourth-order valence-corrected chi connectivity index (χ4v) is 2.98. The average Bonchev–Trinajstić information content (AvgIpc) is 2.91. The molecule has 1 N–H and O–H groups in total. The lowest BCUT2D eigenvalue weighted by Gasteiger charge is -2.13. The number of rotatable bonds is 5. The maximum atomic E-state index is 4.63. The zero-order chi connectivity index (χ0) is 13.8. The van der Waals surface area contributed by atoms with E-state index in [-0.39, 0.29) is 0 Å². The van der Waals surface area contributed by atoms with E-state index >= 15 is 0 Å². The lowest BCUT2D eigenvalue weighted by molar-refractivity contribution is 0.808. The molecule has 0 atom stereocenters. The number of nitrogens with zero attached hydrogens (tertiary/aromatic N) is 3. The second-order valence-corrected chi connectivity index (χ2v) is 6.20. The van der Waals surface area contributed by atoms with Crippen LogP contribution in [0.5, 0.6) is 0 Å². The van der Waals surface area contributed by atoms with Crippen LogP contribution in [-0.2, 0) is 0 Å². The molecule has 0 spiro atoms. The molecule has 0 unspecified atom stereocenters.